The highest BCUT2D eigenvalue weighted by Gasteiger charge is 2.14. The lowest BCUT2D eigenvalue weighted by atomic mass is 10.1. The molecule has 0 aliphatic carbocycles. The first-order valence-corrected chi connectivity index (χ1v) is 18.0. The summed E-state index contributed by atoms with van der Waals surface area (Å²) in [5, 5.41) is 0. The molecule has 1 rings (SSSR count). The Morgan fingerprint density at radius 3 is 1.44 bits per heavy atom. The molecule has 6 nitrogen and oxygen atoms in total. The summed E-state index contributed by atoms with van der Waals surface area (Å²) in [6.07, 6.45) is 16.2. The van der Waals surface area contributed by atoms with Crippen molar-refractivity contribution < 1.29 is 24.7 Å². The molecule has 0 spiro atoms. The standard InChI is InChI=1S/C11H34O6Si6.C4H8/c1-2-3-4-5-6-7-8-9-10-11-23-16-21-14-19-12-18-13-20-15-22-17-23;1-3-4-2/h23H,2-11,18-22H2,1H3;3-4H,1-2H3. The Bertz CT molecular complexity index is 301. The maximum absolute atomic E-state index is 5.92. The van der Waals surface area contributed by atoms with Gasteiger partial charge in [-0.1, -0.05) is 76.9 Å². The van der Waals surface area contributed by atoms with E-state index in [1.807, 2.05) is 26.0 Å². The number of unbranched alkanes of at least 4 members (excludes halogenated alkanes) is 8. The Balaban J connectivity index is 0.00000153. The first-order valence-electron chi connectivity index (χ1n) is 10.5. The number of allylic oxidation sites excluding steroid dienone is 2. The van der Waals surface area contributed by atoms with Crippen LogP contribution in [0.1, 0.15) is 78.6 Å². The lowest BCUT2D eigenvalue weighted by molar-refractivity contribution is 0.333. The molecule has 0 bridgehead atoms. The Labute approximate surface area is 180 Å². The molecule has 1 saturated heterocycles. The van der Waals surface area contributed by atoms with Crippen LogP contribution in [0.25, 0.3) is 0 Å². The molecule has 27 heavy (non-hydrogen) atoms. The molecule has 0 amide bonds. The minimum atomic E-state index is -1.54. The second-order valence-electron chi connectivity index (χ2n) is 6.45. The molecule has 1 heterocycles. The molecule has 12 heteroatoms. The molecular formula is C15H42O6Si6. The normalized spacial score (nSPS) is 24.2. The van der Waals surface area contributed by atoms with Crippen molar-refractivity contribution in [2.45, 2.75) is 84.6 Å². The highest BCUT2D eigenvalue weighted by Crippen LogP contribution is 2.12. The largest absolute Gasteiger partial charge is 0.425 e. The number of hydrogen-bond donors (Lipinski definition) is 0. The van der Waals surface area contributed by atoms with E-state index in [9.17, 15) is 0 Å². The van der Waals surface area contributed by atoms with Gasteiger partial charge in [-0.05, 0) is 19.9 Å². The van der Waals surface area contributed by atoms with Crippen molar-refractivity contribution in [3.63, 3.8) is 0 Å². The molecule has 162 valence electrons. The maximum atomic E-state index is 5.92. The molecule has 1 aliphatic rings. The molecule has 0 N–H and O–H groups in total. The summed E-state index contributed by atoms with van der Waals surface area (Å²) in [5.74, 6) is 0. The van der Waals surface area contributed by atoms with Gasteiger partial charge in [-0.2, -0.15) is 0 Å². The summed E-state index contributed by atoms with van der Waals surface area (Å²) >= 11 is 0. The molecule has 1 aliphatic heterocycles. The summed E-state index contributed by atoms with van der Waals surface area (Å²) in [5.41, 5.74) is 0. The van der Waals surface area contributed by atoms with E-state index < -0.39 is 59.3 Å². The number of rotatable bonds is 10. The van der Waals surface area contributed by atoms with Crippen molar-refractivity contribution in [2.75, 3.05) is 0 Å². The van der Waals surface area contributed by atoms with Crippen molar-refractivity contribution in [1.82, 2.24) is 0 Å². The number of hydrogen-bond acceptors (Lipinski definition) is 6. The third-order valence-corrected chi connectivity index (χ3v) is 14.3. The average molecular weight is 487 g/mol. The van der Waals surface area contributed by atoms with Gasteiger partial charge >= 0.3 is 9.28 Å². The van der Waals surface area contributed by atoms with Gasteiger partial charge in [0.05, 0.1) is 0 Å². The fourth-order valence-electron chi connectivity index (χ4n) is 2.40. The van der Waals surface area contributed by atoms with Crippen molar-refractivity contribution >= 4 is 59.3 Å². The fraction of sp³-hybridized carbons (Fsp3) is 0.867. The van der Waals surface area contributed by atoms with Gasteiger partial charge in [-0.15, -0.1) is 0 Å². The maximum Gasteiger partial charge on any atom is 0.303 e. The quantitative estimate of drug-likeness (QED) is 0.253. The van der Waals surface area contributed by atoms with Crippen LogP contribution in [-0.4, -0.2) is 59.3 Å². The molecule has 0 aromatic carbocycles. The third-order valence-electron chi connectivity index (χ3n) is 4.05. The van der Waals surface area contributed by atoms with E-state index in [-0.39, 0.29) is 0 Å². The van der Waals surface area contributed by atoms with Gasteiger partial charge in [0.1, 0.15) is 0 Å². The third kappa shape index (κ3) is 23.0. The zero-order valence-corrected chi connectivity index (χ0v) is 26.0. The topological polar surface area (TPSA) is 55.4 Å². The van der Waals surface area contributed by atoms with Gasteiger partial charge in [-0.25, -0.2) is 0 Å². The van der Waals surface area contributed by atoms with Crippen LogP contribution >= 0.6 is 0 Å². The van der Waals surface area contributed by atoms with Gasteiger partial charge in [0.25, 0.3) is 50.0 Å². The molecule has 0 radical (unpaired) electrons. The molecule has 0 aromatic heterocycles. The van der Waals surface area contributed by atoms with Crippen molar-refractivity contribution in [1.29, 1.82) is 0 Å². The minimum Gasteiger partial charge on any atom is -0.425 e. The second kappa shape index (κ2) is 24.8. The predicted octanol–water partition coefficient (Wildman–Crippen LogP) is 0.427. The van der Waals surface area contributed by atoms with Crippen LogP contribution in [0.15, 0.2) is 12.2 Å². The van der Waals surface area contributed by atoms with Crippen LogP contribution < -0.4 is 0 Å². The van der Waals surface area contributed by atoms with E-state index in [1.54, 1.807) is 0 Å². The van der Waals surface area contributed by atoms with E-state index in [1.165, 1.54) is 57.8 Å². The van der Waals surface area contributed by atoms with Gasteiger partial charge in [0.15, 0.2) is 0 Å². The molecule has 1 fully saturated rings. The Morgan fingerprint density at radius 2 is 1.00 bits per heavy atom. The fourth-order valence-corrected chi connectivity index (χ4v) is 15.0. The molecule has 0 atom stereocenters. The van der Waals surface area contributed by atoms with Crippen LogP contribution in [-0.2, 0) is 24.7 Å². The van der Waals surface area contributed by atoms with Gasteiger partial charge in [0, 0.05) is 0 Å². The van der Waals surface area contributed by atoms with Gasteiger partial charge < -0.3 is 24.7 Å². The van der Waals surface area contributed by atoms with Crippen LogP contribution in [0, 0.1) is 0 Å². The first-order chi connectivity index (χ1) is 13.3. The highest BCUT2D eigenvalue weighted by atomic mass is 28.4. The summed E-state index contributed by atoms with van der Waals surface area (Å²) in [6.45, 7) is 6.27. The second-order valence-corrected chi connectivity index (χ2v) is 18.3. The van der Waals surface area contributed by atoms with Crippen LogP contribution in [0.3, 0.4) is 0 Å². The molecule has 0 saturated carbocycles. The minimum absolute atomic E-state index is 0.837. The lowest BCUT2D eigenvalue weighted by Gasteiger charge is -2.18. The SMILES string of the molecule is CC=CC.CCCCCCCCCCC[SiH]1O[SiH2]O[SiH2]O[SiH2]O[SiH2]O[SiH2]O1. The smallest absolute Gasteiger partial charge is 0.303 e. The van der Waals surface area contributed by atoms with E-state index in [4.69, 9.17) is 24.7 Å². The van der Waals surface area contributed by atoms with Crippen molar-refractivity contribution in [3.05, 3.63) is 12.2 Å². The molecular weight excluding hydrogens is 445 g/mol. The van der Waals surface area contributed by atoms with E-state index in [2.05, 4.69) is 6.92 Å². The molecule has 0 unspecified atom stereocenters. The predicted molar refractivity (Wildman–Crippen MR) is 129 cm³/mol. The van der Waals surface area contributed by atoms with Gasteiger partial charge in [0.2, 0.25) is 0 Å². The van der Waals surface area contributed by atoms with Gasteiger partial charge in [-0.3, -0.25) is 0 Å². The van der Waals surface area contributed by atoms with E-state index >= 15 is 0 Å². The average Bonchev–Trinajstić information content (AvgIpc) is 2.68. The summed E-state index contributed by atoms with van der Waals surface area (Å²) < 4.78 is 33.8. The van der Waals surface area contributed by atoms with Crippen LogP contribution in [0.2, 0.25) is 6.04 Å². The zero-order chi connectivity index (χ0) is 19.8. The summed E-state index contributed by atoms with van der Waals surface area (Å²) in [7, 11) is -5.89. The summed E-state index contributed by atoms with van der Waals surface area (Å²) in [4.78, 5) is 0. The Hall–Kier alpha value is 0.801. The van der Waals surface area contributed by atoms with Crippen molar-refractivity contribution in [3.8, 4) is 0 Å². The van der Waals surface area contributed by atoms with Crippen molar-refractivity contribution in [2.24, 2.45) is 0 Å². The summed E-state index contributed by atoms with van der Waals surface area (Å²) in [6, 6.07) is 1.10. The van der Waals surface area contributed by atoms with Crippen LogP contribution in [0.5, 0.6) is 0 Å². The Morgan fingerprint density at radius 1 is 0.593 bits per heavy atom. The van der Waals surface area contributed by atoms with E-state index in [0.29, 0.717) is 0 Å². The van der Waals surface area contributed by atoms with E-state index in [0.717, 1.165) is 6.04 Å². The highest BCUT2D eigenvalue weighted by molar-refractivity contribution is 6.59. The Kier molecular flexibility index (Phi) is 25.6. The zero-order valence-electron chi connectivity index (χ0n) is 17.8. The van der Waals surface area contributed by atoms with Crippen LogP contribution in [0.4, 0.5) is 0 Å². The molecule has 0 aromatic rings. The monoisotopic (exact) mass is 486 g/mol. The first kappa shape index (κ1) is 27.8. The lowest BCUT2D eigenvalue weighted by Crippen LogP contribution is -2.31.